The van der Waals surface area contributed by atoms with Crippen molar-refractivity contribution in [2.24, 2.45) is 0 Å². The van der Waals surface area contributed by atoms with E-state index in [2.05, 4.69) is 20.9 Å². The second-order valence-corrected chi connectivity index (χ2v) is 5.19. The highest BCUT2D eigenvalue weighted by molar-refractivity contribution is 9.10. The van der Waals surface area contributed by atoms with E-state index in [9.17, 15) is 5.11 Å². The van der Waals surface area contributed by atoms with Crippen LogP contribution in [0.25, 0.3) is 0 Å². The summed E-state index contributed by atoms with van der Waals surface area (Å²) in [5.74, 6) is 0.709. The smallest absolute Gasteiger partial charge is 0.126 e. The molecule has 100 valence electrons. The van der Waals surface area contributed by atoms with E-state index < -0.39 is 6.10 Å². The fraction of sp³-hybridized carbons (Fsp3) is 0.267. The molecule has 0 amide bonds. The van der Waals surface area contributed by atoms with Crippen LogP contribution in [0.1, 0.15) is 24.3 Å². The van der Waals surface area contributed by atoms with Crippen LogP contribution >= 0.6 is 15.9 Å². The van der Waals surface area contributed by atoms with Gasteiger partial charge in [0.15, 0.2) is 0 Å². The molecule has 0 spiro atoms. The Labute approximate surface area is 121 Å². The van der Waals surface area contributed by atoms with Crippen molar-refractivity contribution in [2.45, 2.75) is 19.4 Å². The van der Waals surface area contributed by atoms with Crippen LogP contribution < -0.4 is 4.74 Å². The SMILES string of the molecule is CC(O)c1ccc(Br)cc1OCCc1ccccn1. The molecule has 1 aromatic heterocycles. The van der Waals surface area contributed by atoms with Crippen LogP contribution in [-0.2, 0) is 6.42 Å². The molecule has 1 aromatic carbocycles. The lowest BCUT2D eigenvalue weighted by molar-refractivity contribution is 0.191. The van der Waals surface area contributed by atoms with Gasteiger partial charge in [-0.15, -0.1) is 0 Å². The summed E-state index contributed by atoms with van der Waals surface area (Å²) in [5.41, 5.74) is 1.79. The van der Waals surface area contributed by atoms with Crippen LogP contribution in [0, 0.1) is 0 Å². The molecule has 0 aliphatic heterocycles. The minimum atomic E-state index is -0.544. The number of hydrogen-bond acceptors (Lipinski definition) is 3. The highest BCUT2D eigenvalue weighted by Gasteiger charge is 2.09. The number of aliphatic hydroxyl groups is 1. The number of halogens is 1. The van der Waals surface area contributed by atoms with E-state index in [1.807, 2.05) is 36.4 Å². The third-order valence-corrected chi connectivity index (χ3v) is 3.26. The van der Waals surface area contributed by atoms with Crippen molar-refractivity contribution in [3.8, 4) is 5.75 Å². The summed E-state index contributed by atoms with van der Waals surface area (Å²) in [4.78, 5) is 4.25. The number of benzene rings is 1. The van der Waals surface area contributed by atoms with Crippen LogP contribution in [0.5, 0.6) is 5.75 Å². The lowest BCUT2D eigenvalue weighted by Crippen LogP contribution is -2.05. The molecule has 0 fully saturated rings. The minimum absolute atomic E-state index is 0.535. The predicted octanol–water partition coefficient (Wildman–Crippen LogP) is 3.52. The Morgan fingerprint density at radius 3 is 2.84 bits per heavy atom. The fourth-order valence-electron chi connectivity index (χ4n) is 1.79. The molecule has 1 heterocycles. The summed E-state index contributed by atoms with van der Waals surface area (Å²) < 4.78 is 6.69. The first-order valence-electron chi connectivity index (χ1n) is 6.17. The van der Waals surface area contributed by atoms with Crippen molar-refractivity contribution in [3.63, 3.8) is 0 Å². The predicted molar refractivity (Wildman–Crippen MR) is 78.2 cm³/mol. The zero-order valence-electron chi connectivity index (χ0n) is 10.7. The van der Waals surface area contributed by atoms with Gasteiger partial charge in [-0.1, -0.05) is 28.1 Å². The Bertz CT molecular complexity index is 529. The first kappa shape index (κ1) is 14.0. The van der Waals surface area contributed by atoms with Crippen LogP contribution in [0.4, 0.5) is 0 Å². The molecule has 0 aliphatic carbocycles. The number of hydrogen-bond donors (Lipinski definition) is 1. The molecule has 0 saturated carbocycles. The Morgan fingerprint density at radius 2 is 2.16 bits per heavy atom. The highest BCUT2D eigenvalue weighted by atomic mass is 79.9. The number of nitrogens with zero attached hydrogens (tertiary/aromatic N) is 1. The molecule has 1 atom stereocenters. The molecule has 0 radical (unpaired) electrons. The van der Waals surface area contributed by atoms with E-state index in [0.29, 0.717) is 12.4 Å². The Hall–Kier alpha value is -1.39. The quantitative estimate of drug-likeness (QED) is 0.916. The number of aliphatic hydroxyl groups excluding tert-OH is 1. The molecule has 0 bridgehead atoms. The summed E-state index contributed by atoms with van der Waals surface area (Å²) in [6, 6.07) is 11.5. The second-order valence-electron chi connectivity index (χ2n) is 4.28. The van der Waals surface area contributed by atoms with Crippen LogP contribution in [-0.4, -0.2) is 16.7 Å². The van der Waals surface area contributed by atoms with E-state index in [1.54, 1.807) is 13.1 Å². The van der Waals surface area contributed by atoms with E-state index in [0.717, 1.165) is 22.2 Å². The van der Waals surface area contributed by atoms with Gasteiger partial charge in [-0.3, -0.25) is 4.98 Å². The molecule has 2 rings (SSSR count). The van der Waals surface area contributed by atoms with Gasteiger partial charge < -0.3 is 9.84 Å². The average molecular weight is 322 g/mol. The van der Waals surface area contributed by atoms with Gasteiger partial charge in [0.2, 0.25) is 0 Å². The van der Waals surface area contributed by atoms with Gasteiger partial charge in [-0.25, -0.2) is 0 Å². The van der Waals surface area contributed by atoms with Gasteiger partial charge >= 0.3 is 0 Å². The fourth-order valence-corrected chi connectivity index (χ4v) is 2.13. The lowest BCUT2D eigenvalue weighted by atomic mass is 10.1. The molecule has 2 aromatic rings. The molecule has 1 N–H and O–H groups in total. The largest absolute Gasteiger partial charge is 0.493 e. The van der Waals surface area contributed by atoms with Crippen LogP contribution in [0.15, 0.2) is 47.1 Å². The van der Waals surface area contributed by atoms with Gasteiger partial charge in [-0.2, -0.15) is 0 Å². The first-order valence-corrected chi connectivity index (χ1v) is 6.96. The van der Waals surface area contributed by atoms with E-state index >= 15 is 0 Å². The molecule has 3 nitrogen and oxygen atoms in total. The standard InChI is InChI=1S/C15H16BrNO2/c1-11(18)14-6-5-12(16)10-15(14)19-9-7-13-4-2-3-8-17-13/h2-6,8,10-11,18H,7,9H2,1H3. The minimum Gasteiger partial charge on any atom is -0.493 e. The van der Waals surface area contributed by atoms with Crippen molar-refractivity contribution < 1.29 is 9.84 Å². The van der Waals surface area contributed by atoms with Gasteiger partial charge in [0.05, 0.1) is 12.7 Å². The van der Waals surface area contributed by atoms with Crippen LogP contribution in [0.3, 0.4) is 0 Å². The Morgan fingerprint density at radius 1 is 1.32 bits per heavy atom. The van der Waals surface area contributed by atoms with Crippen molar-refractivity contribution in [3.05, 3.63) is 58.3 Å². The van der Waals surface area contributed by atoms with Crippen molar-refractivity contribution in [1.29, 1.82) is 0 Å². The molecule has 19 heavy (non-hydrogen) atoms. The van der Waals surface area contributed by atoms with Gasteiger partial charge in [0.1, 0.15) is 5.75 Å². The molecular formula is C15H16BrNO2. The maximum absolute atomic E-state index is 9.70. The lowest BCUT2D eigenvalue weighted by Gasteiger charge is -2.13. The van der Waals surface area contributed by atoms with Gasteiger partial charge in [0.25, 0.3) is 0 Å². The van der Waals surface area contributed by atoms with E-state index in [4.69, 9.17) is 4.74 Å². The summed E-state index contributed by atoms with van der Waals surface area (Å²) in [6.45, 7) is 2.27. The Balaban J connectivity index is 2.01. The van der Waals surface area contributed by atoms with E-state index in [-0.39, 0.29) is 0 Å². The molecule has 4 heteroatoms. The van der Waals surface area contributed by atoms with E-state index in [1.165, 1.54) is 0 Å². The average Bonchev–Trinajstić information content (AvgIpc) is 2.39. The van der Waals surface area contributed by atoms with Crippen molar-refractivity contribution >= 4 is 15.9 Å². The molecule has 1 unspecified atom stereocenters. The third kappa shape index (κ3) is 4.04. The Kier molecular flexibility index (Phi) is 4.93. The maximum Gasteiger partial charge on any atom is 0.126 e. The number of rotatable bonds is 5. The summed E-state index contributed by atoms with van der Waals surface area (Å²) in [7, 11) is 0. The molecule has 0 aliphatic rings. The third-order valence-electron chi connectivity index (χ3n) is 2.77. The maximum atomic E-state index is 9.70. The van der Waals surface area contributed by atoms with Gasteiger partial charge in [0, 0.05) is 28.3 Å². The summed E-state index contributed by atoms with van der Waals surface area (Å²) >= 11 is 3.41. The van der Waals surface area contributed by atoms with Crippen LogP contribution in [0.2, 0.25) is 0 Å². The highest BCUT2D eigenvalue weighted by Crippen LogP contribution is 2.28. The topological polar surface area (TPSA) is 42.4 Å². The van der Waals surface area contributed by atoms with Crippen molar-refractivity contribution in [2.75, 3.05) is 6.61 Å². The van der Waals surface area contributed by atoms with Crippen molar-refractivity contribution in [1.82, 2.24) is 4.98 Å². The number of ether oxygens (including phenoxy) is 1. The number of aromatic nitrogens is 1. The first-order chi connectivity index (χ1) is 9.16. The number of pyridine rings is 1. The second kappa shape index (κ2) is 6.68. The molecule has 0 saturated heterocycles. The zero-order chi connectivity index (χ0) is 13.7. The summed E-state index contributed by atoms with van der Waals surface area (Å²) in [5, 5.41) is 9.70. The normalized spacial score (nSPS) is 12.2. The van der Waals surface area contributed by atoms with Gasteiger partial charge in [-0.05, 0) is 31.2 Å². The molecular weight excluding hydrogens is 306 g/mol. The zero-order valence-corrected chi connectivity index (χ0v) is 12.3. The monoisotopic (exact) mass is 321 g/mol. The summed E-state index contributed by atoms with van der Waals surface area (Å²) in [6.07, 6.45) is 1.97.